The molecule has 2 aliphatic heterocycles. The van der Waals surface area contributed by atoms with E-state index in [-0.39, 0.29) is 22.8 Å². The Morgan fingerprint density at radius 3 is 2.57 bits per heavy atom. The lowest BCUT2D eigenvalue weighted by Gasteiger charge is -2.32. The predicted molar refractivity (Wildman–Crippen MR) is 89.4 cm³/mol. The molecular weight excluding hydrogens is 312 g/mol. The molecule has 2 heterocycles. The Bertz CT molecular complexity index is 821. The van der Waals surface area contributed by atoms with Gasteiger partial charge in [-0.3, -0.25) is 14.5 Å². The van der Waals surface area contributed by atoms with Crippen LogP contribution in [0.5, 0.6) is 5.75 Å². The summed E-state index contributed by atoms with van der Waals surface area (Å²) in [6, 6.07) is 13.8. The van der Waals surface area contributed by atoms with E-state index in [0.717, 1.165) is 11.3 Å². The second-order valence-electron chi connectivity index (χ2n) is 5.59. The molecule has 6 heteroatoms. The van der Waals surface area contributed by atoms with Crippen LogP contribution >= 0.6 is 11.8 Å². The number of carbonyl (C=O) groups is 2. The third-order valence-corrected chi connectivity index (χ3v) is 5.67. The molecule has 2 aromatic rings. The Morgan fingerprint density at radius 1 is 1.13 bits per heavy atom. The van der Waals surface area contributed by atoms with Gasteiger partial charge in [0, 0.05) is 16.9 Å². The third kappa shape index (κ3) is 1.81. The zero-order valence-electron chi connectivity index (χ0n) is 12.3. The molecule has 0 saturated carbocycles. The molecule has 116 valence electrons. The minimum Gasteiger partial charge on any atom is -0.508 e. The largest absolute Gasteiger partial charge is 0.508 e. The lowest BCUT2D eigenvalue weighted by atomic mass is 10.0. The third-order valence-electron chi connectivity index (χ3n) is 4.19. The van der Waals surface area contributed by atoms with Gasteiger partial charge in [0.25, 0.3) is 5.91 Å². The average Bonchev–Trinajstić information content (AvgIpc) is 2.97. The Morgan fingerprint density at radius 2 is 1.83 bits per heavy atom. The van der Waals surface area contributed by atoms with Crippen molar-refractivity contribution < 1.29 is 14.7 Å². The van der Waals surface area contributed by atoms with Crippen molar-refractivity contribution in [3.05, 3.63) is 54.1 Å². The molecule has 1 fully saturated rings. The molecule has 2 amide bonds. The first-order valence-corrected chi connectivity index (χ1v) is 8.14. The number of phenolic OH excluding ortho intramolecular Hbond substituents is 1. The minimum absolute atomic E-state index is 0.117. The van der Waals surface area contributed by atoms with Crippen LogP contribution in [-0.2, 0) is 14.5 Å². The van der Waals surface area contributed by atoms with Gasteiger partial charge in [-0.2, -0.15) is 0 Å². The number of para-hydroxylation sites is 1. The summed E-state index contributed by atoms with van der Waals surface area (Å²) in [6.45, 7) is 1.81. The van der Waals surface area contributed by atoms with E-state index in [0.29, 0.717) is 5.69 Å². The summed E-state index contributed by atoms with van der Waals surface area (Å²) in [5, 5.41) is 12.0. The van der Waals surface area contributed by atoms with Gasteiger partial charge in [0.1, 0.15) is 5.75 Å². The van der Waals surface area contributed by atoms with Gasteiger partial charge in [-0.25, -0.2) is 0 Å². The van der Waals surface area contributed by atoms with E-state index in [1.807, 2.05) is 31.2 Å². The first-order chi connectivity index (χ1) is 11.0. The summed E-state index contributed by atoms with van der Waals surface area (Å²) >= 11 is 1.34. The summed E-state index contributed by atoms with van der Waals surface area (Å²) in [5.74, 6) is -0.214. The van der Waals surface area contributed by atoms with Crippen molar-refractivity contribution in [1.82, 2.24) is 0 Å². The molecule has 0 aliphatic carbocycles. The summed E-state index contributed by atoms with van der Waals surface area (Å²) in [5.41, 5.74) is 2.12. The highest BCUT2D eigenvalue weighted by atomic mass is 32.2. The first-order valence-electron chi connectivity index (χ1n) is 7.26. The van der Waals surface area contributed by atoms with E-state index in [2.05, 4.69) is 5.32 Å². The second kappa shape index (κ2) is 4.76. The SMILES string of the molecule is C[C@H]1S[C@@]2(C(=O)Nc3ccccc32)N(c2ccc(O)cc2)C1=O. The van der Waals surface area contributed by atoms with Crippen LogP contribution in [0.3, 0.4) is 0 Å². The quantitative estimate of drug-likeness (QED) is 0.845. The van der Waals surface area contributed by atoms with Crippen molar-refractivity contribution in [1.29, 1.82) is 0 Å². The fourth-order valence-electron chi connectivity index (χ4n) is 3.16. The second-order valence-corrected chi connectivity index (χ2v) is 7.13. The van der Waals surface area contributed by atoms with Crippen LogP contribution in [0.4, 0.5) is 11.4 Å². The number of amides is 2. The topological polar surface area (TPSA) is 69.6 Å². The lowest BCUT2D eigenvalue weighted by Crippen LogP contribution is -2.47. The fourth-order valence-corrected chi connectivity index (χ4v) is 4.64. The molecule has 0 radical (unpaired) electrons. The highest BCUT2D eigenvalue weighted by Gasteiger charge is 2.60. The Balaban J connectivity index is 1.94. The molecule has 4 rings (SSSR count). The van der Waals surface area contributed by atoms with Crippen molar-refractivity contribution in [3.8, 4) is 5.75 Å². The van der Waals surface area contributed by atoms with Crippen LogP contribution in [-0.4, -0.2) is 22.2 Å². The maximum atomic E-state index is 12.8. The van der Waals surface area contributed by atoms with Crippen LogP contribution in [0.1, 0.15) is 12.5 Å². The summed E-state index contributed by atoms with van der Waals surface area (Å²) in [4.78, 5) is 26.0. The number of rotatable bonds is 1. The molecular formula is C17H14N2O3S. The van der Waals surface area contributed by atoms with Gasteiger partial charge in [-0.1, -0.05) is 18.2 Å². The van der Waals surface area contributed by atoms with Crippen molar-refractivity contribution in [2.45, 2.75) is 17.0 Å². The van der Waals surface area contributed by atoms with Crippen LogP contribution in [0.15, 0.2) is 48.5 Å². The van der Waals surface area contributed by atoms with Crippen LogP contribution in [0, 0.1) is 0 Å². The molecule has 1 spiro atoms. The van der Waals surface area contributed by atoms with Crippen LogP contribution in [0.2, 0.25) is 0 Å². The van der Waals surface area contributed by atoms with Gasteiger partial charge in [0.2, 0.25) is 10.8 Å². The number of hydrogen-bond acceptors (Lipinski definition) is 4. The van der Waals surface area contributed by atoms with Crippen molar-refractivity contribution >= 4 is 35.0 Å². The van der Waals surface area contributed by atoms with Crippen molar-refractivity contribution in [3.63, 3.8) is 0 Å². The molecule has 2 aliphatic rings. The summed E-state index contributed by atoms with van der Waals surface area (Å²) in [6.07, 6.45) is 0. The van der Waals surface area contributed by atoms with Gasteiger partial charge in [0.05, 0.1) is 5.25 Å². The number of aromatic hydroxyl groups is 1. The van der Waals surface area contributed by atoms with E-state index in [1.54, 1.807) is 17.0 Å². The molecule has 23 heavy (non-hydrogen) atoms. The monoisotopic (exact) mass is 326 g/mol. The zero-order chi connectivity index (χ0) is 16.2. The molecule has 2 N–H and O–H groups in total. The van der Waals surface area contributed by atoms with E-state index in [1.165, 1.54) is 23.9 Å². The highest BCUT2D eigenvalue weighted by molar-refractivity contribution is 8.03. The molecule has 1 saturated heterocycles. The number of benzene rings is 2. The number of phenols is 1. The first kappa shape index (κ1) is 14.1. The number of nitrogens with one attached hydrogen (secondary N) is 1. The Labute approximate surface area is 137 Å². The molecule has 0 bridgehead atoms. The van der Waals surface area contributed by atoms with Crippen LogP contribution < -0.4 is 10.2 Å². The number of hydrogen-bond donors (Lipinski definition) is 2. The van der Waals surface area contributed by atoms with Crippen molar-refractivity contribution in [2.75, 3.05) is 10.2 Å². The average molecular weight is 326 g/mol. The normalized spacial score (nSPS) is 25.8. The molecule has 2 aromatic carbocycles. The van der Waals surface area contributed by atoms with Gasteiger partial charge in [0.15, 0.2) is 0 Å². The highest BCUT2D eigenvalue weighted by Crippen LogP contribution is 2.55. The predicted octanol–water partition coefficient (Wildman–Crippen LogP) is 2.67. The Hall–Kier alpha value is -2.47. The van der Waals surface area contributed by atoms with E-state index >= 15 is 0 Å². The number of nitrogens with zero attached hydrogens (tertiary/aromatic N) is 1. The zero-order valence-corrected chi connectivity index (χ0v) is 13.1. The van der Waals surface area contributed by atoms with Gasteiger partial charge in [-0.15, -0.1) is 11.8 Å². The van der Waals surface area contributed by atoms with Gasteiger partial charge < -0.3 is 10.4 Å². The standard InChI is InChI=1S/C17H14N2O3S/c1-10-15(21)19(11-6-8-12(20)9-7-11)17(23-10)13-4-2-3-5-14(13)18-16(17)22/h2-10,20H,1H3,(H,18,22)/t10-,17+/m1/s1. The molecule has 5 nitrogen and oxygen atoms in total. The minimum atomic E-state index is -1.09. The summed E-state index contributed by atoms with van der Waals surface area (Å²) in [7, 11) is 0. The number of fused-ring (bicyclic) bond motifs is 2. The van der Waals surface area contributed by atoms with E-state index < -0.39 is 4.87 Å². The van der Waals surface area contributed by atoms with Crippen LogP contribution in [0.25, 0.3) is 0 Å². The fraction of sp³-hybridized carbons (Fsp3) is 0.176. The van der Waals surface area contributed by atoms with Gasteiger partial charge in [-0.05, 0) is 37.3 Å². The number of anilines is 2. The number of carbonyl (C=O) groups excluding carboxylic acids is 2. The maximum absolute atomic E-state index is 12.8. The molecule has 2 atom stereocenters. The van der Waals surface area contributed by atoms with Crippen molar-refractivity contribution in [2.24, 2.45) is 0 Å². The van der Waals surface area contributed by atoms with E-state index in [9.17, 15) is 14.7 Å². The molecule has 0 aromatic heterocycles. The maximum Gasteiger partial charge on any atom is 0.266 e. The number of thioether (sulfide) groups is 1. The van der Waals surface area contributed by atoms with Gasteiger partial charge >= 0.3 is 0 Å². The van der Waals surface area contributed by atoms with E-state index in [4.69, 9.17) is 0 Å². The summed E-state index contributed by atoms with van der Waals surface area (Å²) < 4.78 is 0. The smallest absolute Gasteiger partial charge is 0.266 e. The molecule has 0 unspecified atom stereocenters. The Kier molecular flexibility index (Phi) is 2.93. The lowest BCUT2D eigenvalue weighted by molar-refractivity contribution is -0.122.